The molecule has 0 saturated carbocycles. The molecule has 0 aliphatic carbocycles. The first-order valence-electron chi connectivity index (χ1n) is 7.30. The number of carbonyl (C=O) groups is 1. The summed E-state index contributed by atoms with van der Waals surface area (Å²) in [6.45, 7) is 12.2. The molecular weight excluding hydrogens is 254 g/mol. The summed E-state index contributed by atoms with van der Waals surface area (Å²) in [6, 6.07) is 1.98. The van der Waals surface area contributed by atoms with Crippen LogP contribution in [0.25, 0.3) is 0 Å². The molecule has 1 aromatic rings. The second-order valence-corrected chi connectivity index (χ2v) is 6.61. The molecule has 0 unspecified atom stereocenters. The average Bonchev–Trinajstić information content (AvgIpc) is 2.62. The molecule has 1 saturated heterocycles. The van der Waals surface area contributed by atoms with Crippen molar-refractivity contribution >= 4 is 5.91 Å². The molecule has 0 spiro atoms. The van der Waals surface area contributed by atoms with Crippen LogP contribution in [0.3, 0.4) is 0 Å². The van der Waals surface area contributed by atoms with Crippen LogP contribution in [0.4, 0.5) is 0 Å². The zero-order chi connectivity index (χ0) is 14.8. The van der Waals surface area contributed by atoms with Crippen LogP contribution >= 0.6 is 0 Å². The fourth-order valence-corrected chi connectivity index (χ4v) is 2.52. The molecule has 0 radical (unpaired) electrons. The maximum atomic E-state index is 12.3. The molecule has 1 fully saturated rings. The number of aryl methyl sites for hydroxylation is 1. The van der Waals surface area contributed by atoms with Gasteiger partial charge in [0, 0.05) is 37.7 Å². The molecule has 20 heavy (non-hydrogen) atoms. The third kappa shape index (κ3) is 3.82. The van der Waals surface area contributed by atoms with Gasteiger partial charge in [-0.3, -0.25) is 9.69 Å². The van der Waals surface area contributed by atoms with E-state index in [1.54, 1.807) is 0 Å². The second kappa shape index (κ2) is 5.95. The Morgan fingerprint density at radius 2 is 2.05 bits per heavy atom. The van der Waals surface area contributed by atoms with Crippen molar-refractivity contribution in [1.82, 2.24) is 15.0 Å². The van der Waals surface area contributed by atoms with Crippen LogP contribution in [0, 0.1) is 12.3 Å². The van der Waals surface area contributed by atoms with Crippen molar-refractivity contribution in [3.05, 3.63) is 17.5 Å². The van der Waals surface area contributed by atoms with Crippen molar-refractivity contribution in [1.29, 1.82) is 0 Å². The van der Waals surface area contributed by atoms with E-state index in [-0.39, 0.29) is 11.3 Å². The van der Waals surface area contributed by atoms with Gasteiger partial charge in [0.15, 0.2) is 5.76 Å². The summed E-state index contributed by atoms with van der Waals surface area (Å²) < 4.78 is 5.26. The Balaban J connectivity index is 1.90. The minimum absolute atomic E-state index is 0.245. The second-order valence-electron chi connectivity index (χ2n) is 6.61. The minimum atomic E-state index is -0.294. The Hall–Kier alpha value is -1.36. The van der Waals surface area contributed by atoms with E-state index >= 15 is 0 Å². The third-order valence-corrected chi connectivity index (χ3v) is 3.57. The molecule has 0 N–H and O–H groups in total. The Morgan fingerprint density at radius 3 is 2.65 bits per heavy atom. The Bertz CT molecular complexity index is 462. The van der Waals surface area contributed by atoms with E-state index in [0.29, 0.717) is 0 Å². The van der Waals surface area contributed by atoms with Crippen molar-refractivity contribution in [3.8, 4) is 0 Å². The van der Waals surface area contributed by atoms with E-state index in [0.717, 1.165) is 50.6 Å². The van der Waals surface area contributed by atoms with Gasteiger partial charge in [0.2, 0.25) is 5.91 Å². The lowest BCUT2D eigenvalue weighted by molar-refractivity contribution is -0.139. The van der Waals surface area contributed by atoms with Gasteiger partial charge in [-0.05, 0) is 13.3 Å². The smallest absolute Gasteiger partial charge is 0.227 e. The van der Waals surface area contributed by atoms with Crippen molar-refractivity contribution in [3.63, 3.8) is 0 Å². The standard InChI is InChI=1S/C15H25N3O2/c1-12-10-13(20-16-12)11-17-6-5-7-18(9-8-17)14(19)15(2,3)4/h10H,5-9,11H2,1-4H3. The number of carbonyl (C=O) groups excluding carboxylic acids is 1. The summed E-state index contributed by atoms with van der Waals surface area (Å²) >= 11 is 0. The highest BCUT2D eigenvalue weighted by molar-refractivity contribution is 5.81. The number of rotatable bonds is 2. The van der Waals surface area contributed by atoms with Gasteiger partial charge >= 0.3 is 0 Å². The zero-order valence-corrected chi connectivity index (χ0v) is 13.0. The van der Waals surface area contributed by atoms with Crippen LogP contribution in [0.5, 0.6) is 0 Å². The maximum Gasteiger partial charge on any atom is 0.227 e. The number of hydrogen-bond acceptors (Lipinski definition) is 4. The summed E-state index contributed by atoms with van der Waals surface area (Å²) in [5.74, 6) is 1.15. The highest BCUT2D eigenvalue weighted by atomic mass is 16.5. The lowest BCUT2D eigenvalue weighted by Gasteiger charge is -2.28. The van der Waals surface area contributed by atoms with Gasteiger partial charge in [-0.2, -0.15) is 0 Å². The minimum Gasteiger partial charge on any atom is -0.360 e. The third-order valence-electron chi connectivity index (χ3n) is 3.57. The number of amides is 1. The van der Waals surface area contributed by atoms with Gasteiger partial charge in [-0.1, -0.05) is 25.9 Å². The van der Waals surface area contributed by atoms with E-state index in [2.05, 4.69) is 10.1 Å². The van der Waals surface area contributed by atoms with Gasteiger partial charge < -0.3 is 9.42 Å². The molecule has 5 nitrogen and oxygen atoms in total. The summed E-state index contributed by atoms with van der Waals surface area (Å²) in [7, 11) is 0. The molecule has 112 valence electrons. The van der Waals surface area contributed by atoms with E-state index in [9.17, 15) is 4.79 Å². The number of nitrogens with zero attached hydrogens (tertiary/aromatic N) is 3. The molecule has 0 atom stereocenters. The van der Waals surface area contributed by atoms with Crippen molar-refractivity contribution in [2.75, 3.05) is 26.2 Å². The topological polar surface area (TPSA) is 49.6 Å². The summed E-state index contributed by atoms with van der Waals surface area (Å²) in [6.07, 6.45) is 1.01. The fraction of sp³-hybridized carbons (Fsp3) is 0.733. The van der Waals surface area contributed by atoms with E-state index in [1.807, 2.05) is 38.7 Å². The first-order valence-corrected chi connectivity index (χ1v) is 7.30. The highest BCUT2D eigenvalue weighted by Crippen LogP contribution is 2.19. The lowest BCUT2D eigenvalue weighted by atomic mass is 9.94. The van der Waals surface area contributed by atoms with Crippen LogP contribution in [0.2, 0.25) is 0 Å². The first-order chi connectivity index (χ1) is 9.36. The van der Waals surface area contributed by atoms with Crippen LogP contribution < -0.4 is 0 Å². The van der Waals surface area contributed by atoms with Crippen LogP contribution in [-0.4, -0.2) is 47.0 Å². The zero-order valence-electron chi connectivity index (χ0n) is 13.0. The summed E-state index contributed by atoms with van der Waals surface area (Å²) in [5, 5.41) is 3.91. The number of aromatic nitrogens is 1. The monoisotopic (exact) mass is 279 g/mol. The summed E-state index contributed by atoms with van der Waals surface area (Å²) in [5.41, 5.74) is 0.622. The number of hydrogen-bond donors (Lipinski definition) is 0. The summed E-state index contributed by atoms with van der Waals surface area (Å²) in [4.78, 5) is 16.6. The average molecular weight is 279 g/mol. The van der Waals surface area contributed by atoms with Gasteiger partial charge in [0.05, 0.1) is 12.2 Å². The van der Waals surface area contributed by atoms with Crippen LogP contribution in [0.1, 0.15) is 38.6 Å². The van der Waals surface area contributed by atoms with Crippen LogP contribution in [-0.2, 0) is 11.3 Å². The Labute approximate surface area is 120 Å². The predicted molar refractivity (Wildman–Crippen MR) is 77.2 cm³/mol. The molecule has 1 aliphatic rings. The quantitative estimate of drug-likeness (QED) is 0.831. The van der Waals surface area contributed by atoms with Gasteiger partial charge in [-0.25, -0.2) is 0 Å². The maximum absolute atomic E-state index is 12.3. The molecule has 2 rings (SSSR count). The van der Waals surface area contributed by atoms with Crippen molar-refractivity contribution in [2.45, 2.75) is 40.7 Å². The molecule has 2 heterocycles. The van der Waals surface area contributed by atoms with Gasteiger partial charge in [0.1, 0.15) is 0 Å². The molecule has 5 heteroatoms. The Kier molecular flexibility index (Phi) is 4.48. The van der Waals surface area contributed by atoms with Crippen molar-refractivity contribution in [2.24, 2.45) is 5.41 Å². The van der Waals surface area contributed by atoms with Gasteiger partial charge in [-0.15, -0.1) is 0 Å². The SMILES string of the molecule is Cc1cc(CN2CCCN(C(=O)C(C)(C)C)CC2)on1. The lowest BCUT2D eigenvalue weighted by Crippen LogP contribution is -2.41. The molecule has 1 aromatic heterocycles. The normalized spacial score (nSPS) is 18.1. The molecular formula is C15H25N3O2. The van der Waals surface area contributed by atoms with E-state index in [1.165, 1.54) is 0 Å². The molecule has 0 bridgehead atoms. The largest absolute Gasteiger partial charge is 0.360 e. The van der Waals surface area contributed by atoms with Crippen LogP contribution in [0.15, 0.2) is 10.6 Å². The highest BCUT2D eigenvalue weighted by Gasteiger charge is 2.28. The predicted octanol–water partition coefficient (Wildman–Crippen LogP) is 2.06. The molecule has 1 aliphatic heterocycles. The van der Waals surface area contributed by atoms with E-state index in [4.69, 9.17) is 4.52 Å². The van der Waals surface area contributed by atoms with Gasteiger partial charge in [0.25, 0.3) is 0 Å². The van der Waals surface area contributed by atoms with E-state index < -0.39 is 0 Å². The fourth-order valence-electron chi connectivity index (χ4n) is 2.52. The van der Waals surface area contributed by atoms with Crippen molar-refractivity contribution < 1.29 is 9.32 Å². The first kappa shape index (κ1) is 15.0. The molecule has 0 aromatic carbocycles. The molecule has 1 amide bonds. The Morgan fingerprint density at radius 1 is 1.30 bits per heavy atom.